The molecule has 0 amide bonds. The number of H-pyrrole nitrogens is 1. The van der Waals surface area contributed by atoms with Gasteiger partial charge in [0.2, 0.25) is 0 Å². The van der Waals surface area contributed by atoms with E-state index >= 15 is 0 Å². The Morgan fingerprint density at radius 2 is 1.88 bits per heavy atom. The Labute approximate surface area is 199 Å². The number of aromatic nitrogens is 2. The molecule has 0 spiro atoms. The maximum Gasteiger partial charge on any atom is 0.0656 e. The number of allylic oxidation sites excluding steroid dienone is 2. The molecule has 3 saturated carbocycles. The van der Waals surface area contributed by atoms with E-state index in [0.29, 0.717) is 16.9 Å². The van der Waals surface area contributed by atoms with Gasteiger partial charge in [-0.1, -0.05) is 32.1 Å². The zero-order chi connectivity index (χ0) is 23.0. The molecule has 6 rings (SSSR count). The first-order valence-electron chi connectivity index (χ1n) is 13.5. The van der Waals surface area contributed by atoms with E-state index in [1.54, 1.807) is 5.57 Å². The molecule has 0 radical (unpaired) electrons. The SMILES string of the molecule is CC(C)(C)O[C@H]1CC[C@@]2(C)[C@@H](CC[C@@H]3[C@@H]2CC[C@]2(C)C(c4ccc5cn[nH]c5c4)=CC[C@@H]32)C1. The highest BCUT2D eigenvalue weighted by Gasteiger charge is 2.58. The summed E-state index contributed by atoms with van der Waals surface area (Å²) in [5.74, 6) is 3.44. The van der Waals surface area contributed by atoms with Gasteiger partial charge in [-0.05, 0) is 124 Å². The van der Waals surface area contributed by atoms with Gasteiger partial charge in [0.15, 0.2) is 0 Å². The Kier molecular flexibility index (Phi) is 4.94. The lowest BCUT2D eigenvalue weighted by atomic mass is 9.44. The highest BCUT2D eigenvalue weighted by atomic mass is 16.5. The minimum absolute atomic E-state index is 0.0205. The lowest BCUT2D eigenvalue weighted by molar-refractivity contribution is -0.148. The second kappa shape index (κ2) is 7.44. The zero-order valence-corrected chi connectivity index (χ0v) is 21.3. The normalized spacial score (nSPS) is 40.8. The van der Waals surface area contributed by atoms with Gasteiger partial charge in [-0.25, -0.2) is 0 Å². The molecule has 1 aromatic heterocycles. The number of aromatic amines is 1. The van der Waals surface area contributed by atoms with Crippen LogP contribution in [0.2, 0.25) is 0 Å². The van der Waals surface area contributed by atoms with E-state index in [1.807, 2.05) is 6.20 Å². The van der Waals surface area contributed by atoms with Crippen LogP contribution in [0.15, 0.2) is 30.5 Å². The fourth-order valence-electron chi connectivity index (χ4n) is 8.95. The van der Waals surface area contributed by atoms with Crippen molar-refractivity contribution in [1.29, 1.82) is 0 Å². The summed E-state index contributed by atoms with van der Waals surface area (Å²) >= 11 is 0. The van der Waals surface area contributed by atoms with Crippen LogP contribution in [0.3, 0.4) is 0 Å². The van der Waals surface area contributed by atoms with Crippen LogP contribution < -0.4 is 0 Å². The molecule has 1 heterocycles. The Morgan fingerprint density at radius 3 is 2.70 bits per heavy atom. The minimum atomic E-state index is -0.0205. The molecule has 1 N–H and O–H groups in total. The summed E-state index contributed by atoms with van der Waals surface area (Å²) in [5.41, 5.74) is 5.00. The van der Waals surface area contributed by atoms with Crippen LogP contribution >= 0.6 is 0 Å². The van der Waals surface area contributed by atoms with Crippen LogP contribution in [0.25, 0.3) is 16.5 Å². The van der Waals surface area contributed by atoms with Gasteiger partial charge in [0.05, 0.1) is 23.4 Å². The molecule has 3 fully saturated rings. The molecule has 3 heteroatoms. The summed E-state index contributed by atoms with van der Waals surface area (Å²) < 4.78 is 6.47. The van der Waals surface area contributed by atoms with Gasteiger partial charge in [0.25, 0.3) is 0 Å². The highest BCUT2D eigenvalue weighted by molar-refractivity contribution is 5.84. The molecule has 0 unspecified atom stereocenters. The largest absolute Gasteiger partial charge is 0.373 e. The average molecular weight is 447 g/mol. The van der Waals surface area contributed by atoms with Gasteiger partial charge in [-0.15, -0.1) is 0 Å². The average Bonchev–Trinajstić information content (AvgIpc) is 3.36. The van der Waals surface area contributed by atoms with E-state index in [-0.39, 0.29) is 5.60 Å². The van der Waals surface area contributed by atoms with Crippen molar-refractivity contribution in [1.82, 2.24) is 10.2 Å². The smallest absolute Gasteiger partial charge is 0.0656 e. The Bertz CT molecular complexity index is 1080. The molecule has 2 aromatic rings. The number of fused-ring (bicyclic) bond motifs is 6. The number of nitrogens with one attached hydrogen (secondary N) is 1. The number of hydrogen-bond acceptors (Lipinski definition) is 2. The summed E-state index contributed by atoms with van der Waals surface area (Å²) in [5, 5.41) is 8.63. The molecule has 4 aliphatic carbocycles. The summed E-state index contributed by atoms with van der Waals surface area (Å²) in [6.07, 6.45) is 15.7. The second-order valence-electron chi connectivity index (χ2n) is 13.3. The van der Waals surface area contributed by atoms with E-state index in [0.717, 1.165) is 29.2 Å². The predicted molar refractivity (Wildman–Crippen MR) is 136 cm³/mol. The van der Waals surface area contributed by atoms with Crippen molar-refractivity contribution in [2.24, 2.45) is 34.5 Å². The van der Waals surface area contributed by atoms with Crippen LogP contribution in [0.4, 0.5) is 0 Å². The first-order chi connectivity index (χ1) is 15.7. The second-order valence-corrected chi connectivity index (χ2v) is 13.3. The van der Waals surface area contributed by atoms with Crippen molar-refractivity contribution in [2.45, 2.75) is 97.7 Å². The quantitative estimate of drug-likeness (QED) is 0.511. The summed E-state index contributed by atoms with van der Waals surface area (Å²) in [6.45, 7) is 11.9. The van der Waals surface area contributed by atoms with E-state index in [9.17, 15) is 0 Å². The van der Waals surface area contributed by atoms with Crippen molar-refractivity contribution >= 4 is 16.5 Å². The van der Waals surface area contributed by atoms with Crippen LogP contribution in [-0.2, 0) is 4.74 Å². The topological polar surface area (TPSA) is 37.9 Å². The molecule has 3 nitrogen and oxygen atoms in total. The minimum Gasteiger partial charge on any atom is -0.373 e. The van der Waals surface area contributed by atoms with Crippen LogP contribution in [-0.4, -0.2) is 21.9 Å². The van der Waals surface area contributed by atoms with Gasteiger partial charge in [-0.2, -0.15) is 5.10 Å². The maximum absolute atomic E-state index is 6.47. The van der Waals surface area contributed by atoms with E-state index in [2.05, 4.69) is 69.1 Å². The molecule has 4 aliphatic rings. The highest BCUT2D eigenvalue weighted by Crippen LogP contribution is 2.67. The number of rotatable bonds is 2. The third-order valence-corrected chi connectivity index (χ3v) is 10.5. The number of ether oxygens (including phenoxy) is 1. The van der Waals surface area contributed by atoms with E-state index < -0.39 is 0 Å². The molecule has 0 bridgehead atoms. The van der Waals surface area contributed by atoms with Gasteiger partial charge in [0.1, 0.15) is 0 Å². The lowest BCUT2D eigenvalue weighted by Crippen LogP contribution is -2.54. The summed E-state index contributed by atoms with van der Waals surface area (Å²) in [7, 11) is 0. The number of nitrogens with zero attached hydrogens (tertiary/aromatic N) is 1. The van der Waals surface area contributed by atoms with Crippen molar-refractivity contribution in [3.63, 3.8) is 0 Å². The fraction of sp³-hybridized carbons (Fsp3) is 0.700. The van der Waals surface area contributed by atoms with Crippen molar-refractivity contribution in [3.05, 3.63) is 36.0 Å². The van der Waals surface area contributed by atoms with Crippen LogP contribution in [0.5, 0.6) is 0 Å². The Morgan fingerprint density at radius 1 is 1.03 bits per heavy atom. The van der Waals surface area contributed by atoms with Crippen LogP contribution in [0.1, 0.15) is 91.5 Å². The first-order valence-corrected chi connectivity index (χ1v) is 13.5. The lowest BCUT2D eigenvalue weighted by Gasteiger charge is -2.61. The Hall–Kier alpha value is -1.61. The molecule has 178 valence electrons. The van der Waals surface area contributed by atoms with Crippen molar-refractivity contribution in [2.75, 3.05) is 0 Å². The molecular weight excluding hydrogens is 404 g/mol. The third kappa shape index (κ3) is 3.44. The standard InChI is InChI=1S/C30H42N2O/c1-28(2,3)33-22-12-14-29(4)21(17-22)8-9-23-25-11-10-24(30(25,5)15-13-26(23)29)19-6-7-20-18-31-32-27(20)16-19/h6-7,10,16,18,21-23,25-26H,8-9,11-15,17H2,1-5H3,(H,31,32)/t21-,22-,23-,25-,26-,29-,30+/m0/s1. The zero-order valence-electron chi connectivity index (χ0n) is 21.3. The fourth-order valence-corrected chi connectivity index (χ4v) is 8.95. The molecule has 33 heavy (non-hydrogen) atoms. The summed E-state index contributed by atoms with van der Waals surface area (Å²) in [6, 6.07) is 6.91. The van der Waals surface area contributed by atoms with Crippen molar-refractivity contribution in [3.8, 4) is 0 Å². The summed E-state index contributed by atoms with van der Waals surface area (Å²) in [4.78, 5) is 0. The monoisotopic (exact) mass is 446 g/mol. The number of hydrogen-bond donors (Lipinski definition) is 1. The molecule has 0 saturated heterocycles. The number of benzene rings is 1. The van der Waals surface area contributed by atoms with Gasteiger partial charge in [-0.3, -0.25) is 5.10 Å². The third-order valence-electron chi connectivity index (χ3n) is 10.5. The van der Waals surface area contributed by atoms with Crippen molar-refractivity contribution < 1.29 is 4.74 Å². The van der Waals surface area contributed by atoms with E-state index in [4.69, 9.17) is 4.74 Å². The molecule has 0 aliphatic heterocycles. The molecular formula is C30H42N2O. The van der Waals surface area contributed by atoms with Gasteiger partial charge in [0, 0.05) is 5.39 Å². The molecule has 1 aromatic carbocycles. The Balaban J connectivity index is 1.23. The van der Waals surface area contributed by atoms with E-state index in [1.165, 1.54) is 62.3 Å². The molecule has 7 atom stereocenters. The van der Waals surface area contributed by atoms with Crippen LogP contribution in [0, 0.1) is 34.5 Å². The predicted octanol–water partition coefficient (Wildman–Crippen LogP) is 7.78. The maximum atomic E-state index is 6.47. The van der Waals surface area contributed by atoms with Gasteiger partial charge < -0.3 is 4.74 Å². The first kappa shape index (κ1) is 21.9. The van der Waals surface area contributed by atoms with Gasteiger partial charge >= 0.3 is 0 Å².